The summed E-state index contributed by atoms with van der Waals surface area (Å²) in [7, 11) is 0. The Hall–Kier alpha value is -2.35. The summed E-state index contributed by atoms with van der Waals surface area (Å²) in [6.45, 7) is 0.459. The highest BCUT2D eigenvalue weighted by Gasteiger charge is 2.10. The van der Waals surface area contributed by atoms with E-state index in [1.54, 1.807) is 10.8 Å². The minimum Gasteiger partial charge on any atom is -0.481 e. The van der Waals surface area contributed by atoms with Gasteiger partial charge in [0.15, 0.2) is 18.9 Å². The number of aliphatic carboxylic acids is 1. The molecule has 0 aliphatic heterocycles. The fraction of sp³-hybridized carbons (Fsp3) is 0.182. The normalized spacial score (nSPS) is 10.9. The molecule has 8 heteroatoms. The van der Waals surface area contributed by atoms with E-state index in [0.29, 0.717) is 6.54 Å². The number of nitrogens with zero attached hydrogens (tertiary/aromatic N) is 5. The first-order valence-electron chi connectivity index (χ1n) is 5.60. The van der Waals surface area contributed by atoms with Gasteiger partial charge in [0.05, 0.1) is 0 Å². The summed E-state index contributed by atoms with van der Waals surface area (Å²) in [5.41, 5.74) is 0.974. The molecule has 0 fully saturated rings. The van der Waals surface area contributed by atoms with Crippen LogP contribution in [0.15, 0.2) is 30.9 Å². The number of fused-ring (bicyclic) bond motifs is 1. The number of hydrogen-bond donors (Lipinski definition) is 1. The number of carbonyl (C=O) groups is 1. The number of aryl methyl sites for hydroxylation is 1. The summed E-state index contributed by atoms with van der Waals surface area (Å²) >= 11 is 1.46. The molecule has 1 N–H and O–H groups in total. The van der Waals surface area contributed by atoms with Gasteiger partial charge in [0.25, 0.3) is 0 Å². The molecule has 3 heterocycles. The Labute approximate surface area is 111 Å². The monoisotopic (exact) mass is 276 g/mol. The first-order valence-corrected chi connectivity index (χ1v) is 6.42. The minimum atomic E-state index is -0.801. The summed E-state index contributed by atoms with van der Waals surface area (Å²) in [5.74, 6) is -0.801. The van der Waals surface area contributed by atoms with Crippen LogP contribution in [0.5, 0.6) is 0 Å². The summed E-state index contributed by atoms with van der Waals surface area (Å²) in [6.07, 6.45) is 5.37. The first-order chi connectivity index (χ1) is 9.22. The third-order valence-corrected chi connectivity index (χ3v) is 3.57. The molecular weight excluding hydrogens is 266 g/mol. The number of rotatable bonds is 4. The maximum absolute atomic E-state index is 10.5. The highest BCUT2D eigenvalue weighted by Crippen LogP contribution is 2.23. The zero-order valence-corrected chi connectivity index (χ0v) is 10.6. The van der Waals surface area contributed by atoms with Gasteiger partial charge in [-0.2, -0.15) is 9.61 Å². The van der Waals surface area contributed by atoms with Gasteiger partial charge in [-0.25, -0.2) is 4.57 Å². The van der Waals surface area contributed by atoms with E-state index >= 15 is 0 Å². The van der Waals surface area contributed by atoms with Crippen LogP contribution in [0.2, 0.25) is 0 Å². The van der Waals surface area contributed by atoms with Crippen LogP contribution in [0.1, 0.15) is 6.42 Å². The Kier molecular flexibility index (Phi) is 2.92. The van der Waals surface area contributed by atoms with E-state index in [1.165, 1.54) is 11.3 Å². The molecule has 0 unspecified atom stereocenters. The number of carboxylic acid groups (broad SMARTS) is 1. The zero-order chi connectivity index (χ0) is 13.2. The smallest absolute Gasteiger partial charge is 0.309 e. The fourth-order valence-electron chi connectivity index (χ4n) is 1.65. The summed E-state index contributed by atoms with van der Waals surface area (Å²) in [6, 6.07) is 3.82. The summed E-state index contributed by atoms with van der Waals surface area (Å²) in [4.78, 5) is 11.2. The third-order valence-electron chi connectivity index (χ3n) is 2.61. The predicted molar refractivity (Wildman–Crippen MR) is 66.5 cm³/mol. The molecule has 0 bridgehead atoms. The van der Waals surface area contributed by atoms with Crippen LogP contribution in [0.25, 0.3) is 15.5 Å². The van der Waals surface area contributed by atoms with Crippen molar-refractivity contribution >= 4 is 22.3 Å². The van der Waals surface area contributed by atoms with Crippen LogP contribution in [0.3, 0.4) is 0 Å². The van der Waals surface area contributed by atoms with Crippen LogP contribution in [0.4, 0.5) is 0 Å². The molecule has 0 aliphatic carbocycles. The molecule has 0 spiro atoms. The molecule has 7 nitrogen and oxygen atoms in total. The predicted octanol–water partition coefficient (Wildman–Crippen LogP) is 0.615. The van der Waals surface area contributed by atoms with E-state index in [-0.39, 0.29) is 6.42 Å². The topological polar surface area (TPSA) is 84.3 Å². The molecule has 3 rings (SSSR count). The van der Waals surface area contributed by atoms with Crippen LogP contribution < -0.4 is 4.57 Å². The van der Waals surface area contributed by atoms with E-state index in [9.17, 15) is 4.79 Å². The molecule has 19 heavy (non-hydrogen) atoms. The van der Waals surface area contributed by atoms with Gasteiger partial charge in [-0.15, -0.1) is 10.2 Å². The van der Waals surface area contributed by atoms with Gasteiger partial charge in [0.1, 0.15) is 17.8 Å². The van der Waals surface area contributed by atoms with Crippen molar-refractivity contribution in [1.82, 2.24) is 19.8 Å². The van der Waals surface area contributed by atoms with Crippen molar-refractivity contribution < 1.29 is 14.5 Å². The highest BCUT2D eigenvalue weighted by molar-refractivity contribution is 7.19. The molecule has 0 atom stereocenters. The SMILES string of the molecule is O=C(O)CC[n+]1ccc(-c2nn3cnnc3s2)cc1. The second kappa shape index (κ2) is 4.73. The van der Waals surface area contributed by atoms with Crippen LogP contribution in [-0.2, 0) is 11.3 Å². The molecule has 3 aromatic heterocycles. The summed E-state index contributed by atoms with van der Waals surface area (Å²) < 4.78 is 3.46. The standard InChI is InChI=1S/C11H9N5O2S/c17-9(18)3-6-15-4-1-8(2-5-15)10-14-16-7-12-13-11(16)19-10/h1-2,4-5,7H,3,6H2/p+1. The lowest BCUT2D eigenvalue weighted by Crippen LogP contribution is -2.33. The highest BCUT2D eigenvalue weighted by atomic mass is 32.1. The van der Waals surface area contributed by atoms with Crippen LogP contribution in [0, 0.1) is 0 Å². The van der Waals surface area contributed by atoms with Crippen molar-refractivity contribution in [2.45, 2.75) is 13.0 Å². The lowest BCUT2D eigenvalue weighted by molar-refractivity contribution is -0.695. The molecule has 0 saturated heterocycles. The van der Waals surface area contributed by atoms with E-state index in [2.05, 4.69) is 15.3 Å². The number of carboxylic acids is 1. The van der Waals surface area contributed by atoms with E-state index < -0.39 is 5.97 Å². The maximum Gasteiger partial charge on any atom is 0.309 e. The maximum atomic E-state index is 10.5. The van der Waals surface area contributed by atoms with Gasteiger partial charge in [-0.05, 0) is 0 Å². The van der Waals surface area contributed by atoms with Crippen molar-refractivity contribution in [2.75, 3.05) is 0 Å². The van der Waals surface area contributed by atoms with Gasteiger partial charge in [-0.3, -0.25) is 4.79 Å². The molecule has 0 aliphatic rings. The molecular formula is C11H10N5O2S+. The molecule has 96 valence electrons. The Morgan fingerprint density at radius 1 is 1.42 bits per heavy atom. The Morgan fingerprint density at radius 2 is 2.21 bits per heavy atom. The number of aromatic nitrogens is 5. The molecule has 0 amide bonds. The third kappa shape index (κ3) is 2.43. The van der Waals surface area contributed by atoms with Crippen molar-refractivity contribution in [3.8, 4) is 10.6 Å². The number of pyridine rings is 1. The zero-order valence-electron chi connectivity index (χ0n) is 9.80. The second-order valence-electron chi connectivity index (χ2n) is 3.93. The van der Waals surface area contributed by atoms with Gasteiger partial charge in [-0.1, -0.05) is 11.3 Å². The minimum absolute atomic E-state index is 0.112. The van der Waals surface area contributed by atoms with Gasteiger partial charge in [0, 0.05) is 17.7 Å². The Bertz CT molecular complexity index is 690. The lowest BCUT2D eigenvalue weighted by atomic mass is 10.3. The van der Waals surface area contributed by atoms with Gasteiger partial charge in [0.2, 0.25) is 4.96 Å². The largest absolute Gasteiger partial charge is 0.481 e. The second-order valence-corrected chi connectivity index (χ2v) is 4.89. The average Bonchev–Trinajstić information content (AvgIpc) is 2.97. The number of hydrogen-bond acceptors (Lipinski definition) is 5. The van der Waals surface area contributed by atoms with E-state index in [1.807, 2.05) is 29.1 Å². The van der Waals surface area contributed by atoms with Crippen LogP contribution >= 0.6 is 11.3 Å². The van der Waals surface area contributed by atoms with Crippen molar-refractivity contribution in [1.29, 1.82) is 0 Å². The van der Waals surface area contributed by atoms with Gasteiger partial charge < -0.3 is 5.11 Å². The lowest BCUT2D eigenvalue weighted by Gasteiger charge is -1.96. The van der Waals surface area contributed by atoms with Crippen LogP contribution in [-0.4, -0.2) is 30.9 Å². The molecule has 0 saturated carbocycles. The molecule has 0 aromatic carbocycles. The van der Waals surface area contributed by atoms with Gasteiger partial charge >= 0.3 is 5.97 Å². The molecule has 3 aromatic rings. The van der Waals surface area contributed by atoms with E-state index in [0.717, 1.165) is 15.5 Å². The summed E-state index contributed by atoms with van der Waals surface area (Å²) in [5, 5.41) is 21.5. The Balaban J connectivity index is 1.82. The fourth-order valence-corrected chi connectivity index (χ4v) is 2.48. The van der Waals surface area contributed by atoms with Crippen molar-refractivity contribution in [3.63, 3.8) is 0 Å². The van der Waals surface area contributed by atoms with Crippen molar-refractivity contribution in [3.05, 3.63) is 30.9 Å². The van der Waals surface area contributed by atoms with Crippen molar-refractivity contribution in [2.24, 2.45) is 0 Å². The quantitative estimate of drug-likeness (QED) is 0.706. The van der Waals surface area contributed by atoms with E-state index in [4.69, 9.17) is 5.11 Å². The average molecular weight is 276 g/mol. The Morgan fingerprint density at radius 3 is 2.89 bits per heavy atom. The first kappa shape index (κ1) is 11.7. The molecule has 0 radical (unpaired) electrons.